The number of rotatable bonds is 4. The van der Waals surface area contributed by atoms with Crippen LogP contribution in [0.15, 0.2) is 12.3 Å². The number of hydrogen-bond donors (Lipinski definition) is 1. The number of aromatic nitrogens is 4. The van der Waals surface area contributed by atoms with Crippen molar-refractivity contribution in [1.29, 1.82) is 0 Å². The molecule has 0 bridgehead atoms. The summed E-state index contributed by atoms with van der Waals surface area (Å²) in [7, 11) is 2.11. The first-order chi connectivity index (χ1) is 13.3. The fourth-order valence-corrected chi connectivity index (χ4v) is 4.52. The summed E-state index contributed by atoms with van der Waals surface area (Å²) in [6, 6.07) is 2.06. The third-order valence-electron chi connectivity index (χ3n) is 5.05. The summed E-state index contributed by atoms with van der Waals surface area (Å²) < 4.78 is 1.87. The lowest BCUT2D eigenvalue weighted by atomic mass is 10.0. The van der Waals surface area contributed by atoms with E-state index < -0.39 is 0 Å². The molecule has 0 saturated heterocycles. The number of hydrogen-bond acceptors (Lipinski definition) is 6. The van der Waals surface area contributed by atoms with Gasteiger partial charge in [-0.15, -0.1) is 11.3 Å². The van der Waals surface area contributed by atoms with E-state index in [1.807, 2.05) is 10.7 Å². The van der Waals surface area contributed by atoms with Crippen LogP contribution in [-0.4, -0.2) is 44.1 Å². The summed E-state index contributed by atoms with van der Waals surface area (Å²) in [5.41, 5.74) is 3.35. The molecule has 0 fully saturated rings. The molecule has 4 rings (SSSR count). The molecule has 0 aliphatic carbocycles. The number of thiazole rings is 1. The number of likely N-dealkylation sites (N-methyl/N-ethyl adjacent to an activating group) is 1. The lowest BCUT2D eigenvalue weighted by molar-refractivity contribution is 0.102. The molecular weight excluding hydrogens is 372 g/mol. The first-order valence-electron chi connectivity index (χ1n) is 9.70. The number of carbonyl (C=O) groups is 1. The number of amides is 1. The van der Waals surface area contributed by atoms with E-state index in [1.54, 1.807) is 17.5 Å². The van der Waals surface area contributed by atoms with Crippen LogP contribution in [0.1, 0.15) is 66.3 Å². The maximum atomic E-state index is 13.1. The van der Waals surface area contributed by atoms with Crippen LogP contribution in [0.3, 0.4) is 0 Å². The van der Waals surface area contributed by atoms with E-state index in [9.17, 15) is 4.79 Å². The van der Waals surface area contributed by atoms with Crippen molar-refractivity contribution in [1.82, 2.24) is 24.6 Å². The zero-order chi connectivity index (χ0) is 20.0. The molecule has 7 nitrogen and oxygen atoms in total. The van der Waals surface area contributed by atoms with Gasteiger partial charge in [0.05, 0.1) is 22.8 Å². The maximum absolute atomic E-state index is 13.1. The standard InChI is InChI=1S/C20H26N6OS/c1-11(2)16-8-13(14-9-21-26(12(3)4)18(14)22-16)19(27)24-20-23-15-6-7-25(5)10-17(15)28-20/h8-9,11-12H,6-7,10H2,1-5H3,(H,23,24,27). The third-order valence-corrected chi connectivity index (χ3v) is 6.05. The smallest absolute Gasteiger partial charge is 0.258 e. The van der Waals surface area contributed by atoms with Gasteiger partial charge in [-0.1, -0.05) is 13.8 Å². The van der Waals surface area contributed by atoms with Gasteiger partial charge in [-0.05, 0) is 32.9 Å². The molecule has 3 aromatic rings. The molecule has 8 heteroatoms. The SMILES string of the molecule is CC(C)c1cc(C(=O)Nc2nc3c(s2)CN(C)CC3)c2cnn(C(C)C)c2n1. The molecule has 0 atom stereocenters. The lowest BCUT2D eigenvalue weighted by Gasteiger charge is -2.20. The second-order valence-corrected chi connectivity index (χ2v) is 9.08. The summed E-state index contributed by atoms with van der Waals surface area (Å²) in [5.74, 6) is 0.0613. The van der Waals surface area contributed by atoms with Crippen LogP contribution < -0.4 is 5.32 Å². The average Bonchev–Trinajstić information content (AvgIpc) is 3.23. The Balaban J connectivity index is 1.71. The van der Waals surface area contributed by atoms with E-state index in [2.05, 4.69) is 55.0 Å². The van der Waals surface area contributed by atoms with E-state index in [-0.39, 0.29) is 17.9 Å². The molecule has 0 saturated carbocycles. The van der Waals surface area contributed by atoms with Crippen molar-refractivity contribution in [3.63, 3.8) is 0 Å². The molecule has 0 aromatic carbocycles. The molecule has 1 amide bonds. The number of fused-ring (bicyclic) bond motifs is 2. The third kappa shape index (κ3) is 3.42. The first kappa shape index (κ1) is 19.0. The number of carbonyl (C=O) groups excluding carboxylic acids is 1. The van der Waals surface area contributed by atoms with Crippen LogP contribution in [0.4, 0.5) is 5.13 Å². The average molecular weight is 399 g/mol. The van der Waals surface area contributed by atoms with Crippen LogP contribution in [0.25, 0.3) is 11.0 Å². The minimum atomic E-state index is -0.156. The van der Waals surface area contributed by atoms with Crippen molar-refractivity contribution in [2.24, 2.45) is 0 Å². The van der Waals surface area contributed by atoms with Crippen molar-refractivity contribution in [2.75, 3.05) is 18.9 Å². The van der Waals surface area contributed by atoms with E-state index >= 15 is 0 Å². The molecule has 1 N–H and O–H groups in total. The second kappa shape index (κ2) is 7.25. The van der Waals surface area contributed by atoms with E-state index in [0.717, 1.165) is 41.9 Å². The van der Waals surface area contributed by atoms with Gasteiger partial charge in [-0.2, -0.15) is 5.10 Å². The van der Waals surface area contributed by atoms with Crippen molar-refractivity contribution >= 4 is 33.4 Å². The highest BCUT2D eigenvalue weighted by molar-refractivity contribution is 7.15. The highest BCUT2D eigenvalue weighted by atomic mass is 32.1. The number of nitrogens with one attached hydrogen (secondary N) is 1. The van der Waals surface area contributed by atoms with Crippen molar-refractivity contribution in [3.05, 3.63) is 34.1 Å². The predicted molar refractivity (Wildman–Crippen MR) is 112 cm³/mol. The van der Waals surface area contributed by atoms with Gasteiger partial charge >= 0.3 is 0 Å². The Labute approximate surface area is 168 Å². The minimum Gasteiger partial charge on any atom is -0.301 e. The molecule has 0 unspecified atom stereocenters. The van der Waals surface area contributed by atoms with E-state index in [1.165, 1.54) is 4.88 Å². The number of nitrogens with zero attached hydrogens (tertiary/aromatic N) is 5. The molecule has 4 heterocycles. The second-order valence-electron chi connectivity index (χ2n) is 8.00. The Bertz CT molecular complexity index is 1030. The highest BCUT2D eigenvalue weighted by Gasteiger charge is 2.22. The van der Waals surface area contributed by atoms with Crippen molar-refractivity contribution in [2.45, 2.75) is 52.6 Å². The molecule has 0 spiro atoms. The topological polar surface area (TPSA) is 75.9 Å². The highest BCUT2D eigenvalue weighted by Crippen LogP contribution is 2.29. The fraction of sp³-hybridized carbons (Fsp3) is 0.500. The molecule has 0 radical (unpaired) electrons. The zero-order valence-corrected chi connectivity index (χ0v) is 17.8. The van der Waals surface area contributed by atoms with Crippen LogP contribution in [0.5, 0.6) is 0 Å². The maximum Gasteiger partial charge on any atom is 0.258 e. The van der Waals surface area contributed by atoms with Gasteiger partial charge in [0.2, 0.25) is 0 Å². The largest absolute Gasteiger partial charge is 0.301 e. The summed E-state index contributed by atoms with van der Waals surface area (Å²) in [6.45, 7) is 10.2. The van der Waals surface area contributed by atoms with Gasteiger partial charge in [0.15, 0.2) is 10.8 Å². The zero-order valence-electron chi connectivity index (χ0n) is 17.0. The molecule has 3 aromatic heterocycles. The van der Waals surface area contributed by atoms with Crippen LogP contribution in [0.2, 0.25) is 0 Å². The Morgan fingerprint density at radius 1 is 1.25 bits per heavy atom. The predicted octanol–water partition coefficient (Wildman–Crippen LogP) is 3.83. The summed E-state index contributed by atoms with van der Waals surface area (Å²) >= 11 is 1.57. The van der Waals surface area contributed by atoms with E-state index in [4.69, 9.17) is 4.98 Å². The van der Waals surface area contributed by atoms with Gasteiger partial charge in [0, 0.05) is 36.1 Å². The van der Waals surface area contributed by atoms with Crippen molar-refractivity contribution in [3.8, 4) is 0 Å². The van der Waals surface area contributed by atoms with Gasteiger partial charge in [-0.25, -0.2) is 14.6 Å². The Hall–Kier alpha value is -2.32. The first-order valence-corrected chi connectivity index (χ1v) is 10.5. The Kier molecular flexibility index (Phi) is 4.93. The monoisotopic (exact) mass is 398 g/mol. The number of anilines is 1. The molecule has 1 aliphatic rings. The number of pyridine rings is 1. The van der Waals surface area contributed by atoms with Crippen LogP contribution >= 0.6 is 11.3 Å². The molecule has 1 aliphatic heterocycles. The molecule has 28 heavy (non-hydrogen) atoms. The van der Waals surface area contributed by atoms with Crippen LogP contribution in [-0.2, 0) is 13.0 Å². The normalized spacial score (nSPS) is 14.8. The van der Waals surface area contributed by atoms with Gasteiger partial charge in [0.25, 0.3) is 5.91 Å². The van der Waals surface area contributed by atoms with Gasteiger partial charge in [-0.3, -0.25) is 10.1 Å². The summed E-state index contributed by atoms with van der Waals surface area (Å²) in [5, 5.41) is 8.91. The fourth-order valence-electron chi connectivity index (χ4n) is 3.44. The van der Waals surface area contributed by atoms with E-state index in [0.29, 0.717) is 10.7 Å². The Morgan fingerprint density at radius 2 is 2.04 bits per heavy atom. The summed E-state index contributed by atoms with van der Waals surface area (Å²) in [4.78, 5) is 26.1. The molecule has 148 valence electrons. The van der Waals surface area contributed by atoms with Gasteiger partial charge < -0.3 is 4.90 Å². The quantitative estimate of drug-likeness (QED) is 0.723. The molecular formula is C20H26N6OS. The van der Waals surface area contributed by atoms with Gasteiger partial charge in [0.1, 0.15) is 0 Å². The minimum absolute atomic E-state index is 0.156. The van der Waals surface area contributed by atoms with Crippen molar-refractivity contribution < 1.29 is 4.79 Å². The van der Waals surface area contributed by atoms with Crippen LogP contribution in [0, 0.1) is 0 Å². The summed E-state index contributed by atoms with van der Waals surface area (Å²) in [6.07, 6.45) is 2.67. The lowest BCUT2D eigenvalue weighted by Crippen LogP contribution is -2.25. The Morgan fingerprint density at radius 3 is 2.75 bits per heavy atom.